The Bertz CT molecular complexity index is 1160. The van der Waals surface area contributed by atoms with Crippen molar-refractivity contribution < 1.29 is 12.6 Å². The number of hydrogen-bond donors (Lipinski definition) is 1. The maximum atomic E-state index is 12.1. The van der Waals surface area contributed by atoms with Crippen molar-refractivity contribution in [1.29, 1.82) is 0 Å². The lowest BCUT2D eigenvalue weighted by Crippen LogP contribution is -2.07. The van der Waals surface area contributed by atoms with E-state index in [0.717, 1.165) is 11.1 Å². The normalized spacial score (nSPS) is 11.1. The predicted molar refractivity (Wildman–Crippen MR) is 109 cm³/mol. The number of anilines is 1. The molecular weight excluding hydrogens is 414 g/mol. The summed E-state index contributed by atoms with van der Waals surface area (Å²) in [6.07, 6.45) is 3.66. The van der Waals surface area contributed by atoms with Crippen molar-refractivity contribution in [3.8, 4) is 23.0 Å². The van der Waals surface area contributed by atoms with Crippen LogP contribution in [-0.4, -0.2) is 35.0 Å². The van der Waals surface area contributed by atoms with E-state index in [1.165, 1.54) is 12.1 Å². The average molecular weight is 432 g/mol. The first-order chi connectivity index (χ1) is 13.8. The van der Waals surface area contributed by atoms with Crippen LogP contribution in [0.4, 0.5) is 5.82 Å². The molecule has 0 unspecified atom stereocenters. The van der Waals surface area contributed by atoms with E-state index in [9.17, 15) is 8.42 Å². The van der Waals surface area contributed by atoms with Crippen LogP contribution in [-0.2, 0) is 20.8 Å². The second-order valence-corrected chi connectivity index (χ2v) is 8.09. The number of nitrogen functional groups attached to an aromatic ring is 1. The van der Waals surface area contributed by atoms with Gasteiger partial charge >= 0.3 is 0 Å². The largest absolute Gasteiger partial charge is 0.382 e. The summed E-state index contributed by atoms with van der Waals surface area (Å²) in [7, 11) is -3.77. The summed E-state index contributed by atoms with van der Waals surface area (Å²) in [4.78, 5) is 0.130. The molecule has 0 fully saturated rings. The van der Waals surface area contributed by atoms with Crippen molar-refractivity contribution in [2.24, 2.45) is 0 Å². The summed E-state index contributed by atoms with van der Waals surface area (Å²) in [5.41, 5.74) is 8.17. The summed E-state index contributed by atoms with van der Waals surface area (Å²) in [6.45, 7) is 2.19. The minimum atomic E-state index is -3.77. The quantitative estimate of drug-likeness (QED) is 0.362. The number of benzene rings is 1. The third-order valence-electron chi connectivity index (χ3n) is 3.88. The molecule has 10 heteroatoms. The number of aromatic nitrogens is 4. The molecule has 2 aromatic heterocycles. The molecule has 2 heterocycles. The van der Waals surface area contributed by atoms with Crippen LogP contribution in [0.25, 0.3) is 11.1 Å². The Morgan fingerprint density at radius 2 is 1.97 bits per heavy atom. The van der Waals surface area contributed by atoms with E-state index >= 15 is 0 Å². The Hall–Kier alpha value is -2.93. The smallest absolute Gasteiger partial charge is 0.297 e. The monoisotopic (exact) mass is 431 g/mol. The maximum absolute atomic E-state index is 12.1. The highest BCUT2D eigenvalue weighted by Crippen LogP contribution is 2.25. The maximum Gasteiger partial charge on any atom is 0.297 e. The molecule has 0 amide bonds. The van der Waals surface area contributed by atoms with Crippen molar-refractivity contribution in [2.45, 2.75) is 24.8 Å². The Balaban J connectivity index is 1.52. The zero-order chi connectivity index (χ0) is 20.9. The van der Waals surface area contributed by atoms with Crippen LogP contribution >= 0.6 is 11.6 Å². The fraction of sp³-hybridized carbons (Fsp3) is 0.211. The first kappa shape index (κ1) is 20.8. The minimum Gasteiger partial charge on any atom is -0.382 e. The molecule has 0 radical (unpaired) electrons. The fourth-order valence-electron chi connectivity index (χ4n) is 2.40. The van der Waals surface area contributed by atoms with Gasteiger partial charge in [0.05, 0.1) is 17.7 Å². The van der Waals surface area contributed by atoms with Crippen LogP contribution in [0.1, 0.15) is 12.0 Å². The number of halogens is 1. The van der Waals surface area contributed by atoms with Gasteiger partial charge in [-0.2, -0.15) is 13.5 Å². The molecule has 3 aromatic rings. The summed E-state index contributed by atoms with van der Waals surface area (Å²) in [6, 6.07) is 8.09. The second kappa shape index (κ2) is 9.05. The highest BCUT2D eigenvalue weighted by Gasteiger charge is 2.14. The van der Waals surface area contributed by atoms with Gasteiger partial charge in [-0.15, -0.1) is 10.2 Å². The average Bonchev–Trinajstić information content (AvgIpc) is 3.15. The Morgan fingerprint density at radius 3 is 2.72 bits per heavy atom. The summed E-state index contributed by atoms with van der Waals surface area (Å²) >= 11 is 5.85. The lowest BCUT2D eigenvalue weighted by atomic mass is 10.1. The number of nitrogens with two attached hydrogens (primary N) is 1. The molecule has 0 saturated heterocycles. The van der Waals surface area contributed by atoms with Crippen LogP contribution < -0.4 is 5.73 Å². The molecule has 0 saturated carbocycles. The van der Waals surface area contributed by atoms with Gasteiger partial charge in [0.1, 0.15) is 6.54 Å². The molecule has 0 aliphatic carbocycles. The number of aryl methyl sites for hydroxylation is 1. The van der Waals surface area contributed by atoms with Gasteiger partial charge in [-0.05, 0) is 25.1 Å². The first-order valence-corrected chi connectivity index (χ1v) is 10.4. The van der Waals surface area contributed by atoms with E-state index in [1.54, 1.807) is 35.3 Å². The number of hydrogen-bond acceptors (Lipinski definition) is 7. The third-order valence-corrected chi connectivity index (χ3v) is 5.39. The fourth-order valence-corrected chi connectivity index (χ4v) is 3.45. The highest BCUT2D eigenvalue weighted by molar-refractivity contribution is 7.86. The van der Waals surface area contributed by atoms with Crippen LogP contribution in [0.15, 0.2) is 47.6 Å². The molecule has 0 atom stereocenters. The van der Waals surface area contributed by atoms with Crippen LogP contribution in [0.5, 0.6) is 0 Å². The molecule has 2 N–H and O–H groups in total. The van der Waals surface area contributed by atoms with Gasteiger partial charge in [-0.3, -0.25) is 8.86 Å². The van der Waals surface area contributed by atoms with Crippen LogP contribution in [0, 0.1) is 18.8 Å². The standard InChI is InChI=1S/C19H18ClN5O3S/c1-14-5-7-16(8-6-14)29(26,27)28-10-4-2-3-9-25-13-15(12-22-25)17-11-18(20)23-24-19(17)21/h5-8,11-13H,4,9-10H2,1H3,(H2,21,24). The molecule has 0 aliphatic heterocycles. The predicted octanol–water partition coefficient (Wildman–Crippen LogP) is 2.68. The zero-order valence-electron chi connectivity index (χ0n) is 15.5. The number of nitrogens with zero attached hydrogens (tertiary/aromatic N) is 4. The summed E-state index contributed by atoms with van der Waals surface area (Å²) in [5.74, 6) is 6.04. The molecule has 0 aliphatic rings. The van der Waals surface area contributed by atoms with Gasteiger partial charge in [0, 0.05) is 23.7 Å². The topological polar surface area (TPSA) is 113 Å². The molecular formula is C19H18ClN5O3S. The van der Waals surface area contributed by atoms with E-state index in [-0.39, 0.29) is 28.9 Å². The van der Waals surface area contributed by atoms with Crippen molar-refractivity contribution in [1.82, 2.24) is 20.0 Å². The molecule has 8 nitrogen and oxygen atoms in total. The number of rotatable bonds is 6. The lowest BCUT2D eigenvalue weighted by Gasteiger charge is -2.04. The Morgan fingerprint density at radius 1 is 1.21 bits per heavy atom. The zero-order valence-corrected chi connectivity index (χ0v) is 17.1. The van der Waals surface area contributed by atoms with E-state index in [2.05, 4.69) is 27.1 Å². The molecule has 3 rings (SSSR count). The summed E-state index contributed by atoms with van der Waals surface area (Å²) < 4.78 is 30.8. The minimum absolute atomic E-state index is 0.0225. The van der Waals surface area contributed by atoms with E-state index in [1.807, 2.05) is 6.92 Å². The van der Waals surface area contributed by atoms with Gasteiger partial charge in [0.2, 0.25) is 0 Å². The van der Waals surface area contributed by atoms with Gasteiger partial charge in [-0.1, -0.05) is 41.1 Å². The van der Waals surface area contributed by atoms with E-state index in [0.29, 0.717) is 12.1 Å². The SMILES string of the molecule is Cc1ccc(S(=O)(=O)OCCC#CCn2cc(-c3cc(Cl)nnc3N)cn2)cc1. The molecule has 0 spiro atoms. The Labute approximate surface area is 173 Å². The van der Waals surface area contributed by atoms with Crippen LogP contribution in [0.3, 0.4) is 0 Å². The molecule has 1 aromatic carbocycles. The van der Waals surface area contributed by atoms with Crippen molar-refractivity contribution >= 4 is 27.5 Å². The van der Waals surface area contributed by atoms with Crippen LogP contribution in [0.2, 0.25) is 5.15 Å². The van der Waals surface area contributed by atoms with Gasteiger partial charge < -0.3 is 5.73 Å². The first-order valence-electron chi connectivity index (χ1n) is 8.58. The highest BCUT2D eigenvalue weighted by atomic mass is 35.5. The third kappa shape index (κ3) is 5.54. The lowest BCUT2D eigenvalue weighted by molar-refractivity contribution is 0.326. The molecule has 150 valence electrons. The molecule has 0 bridgehead atoms. The Kier molecular flexibility index (Phi) is 6.49. The molecule has 29 heavy (non-hydrogen) atoms. The van der Waals surface area contributed by atoms with E-state index in [4.69, 9.17) is 21.5 Å². The van der Waals surface area contributed by atoms with Crippen molar-refractivity contribution in [2.75, 3.05) is 12.3 Å². The van der Waals surface area contributed by atoms with Crippen molar-refractivity contribution in [3.63, 3.8) is 0 Å². The van der Waals surface area contributed by atoms with E-state index < -0.39 is 10.1 Å². The van der Waals surface area contributed by atoms with Gasteiger partial charge in [0.15, 0.2) is 11.0 Å². The van der Waals surface area contributed by atoms with Crippen molar-refractivity contribution in [3.05, 3.63) is 53.4 Å². The second-order valence-electron chi connectivity index (χ2n) is 6.09. The van der Waals surface area contributed by atoms with Gasteiger partial charge in [-0.25, -0.2) is 0 Å². The summed E-state index contributed by atoms with van der Waals surface area (Å²) in [5, 5.41) is 11.9. The van der Waals surface area contributed by atoms with Gasteiger partial charge in [0.25, 0.3) is 10.1 Å².